The molecule has 0 aromatic heterocycles. The summed E-state index contributed by atoms with van der Waals surface area (Å²) in [5, 5.41) is 24.6. The second-order valence-corrected chi connectivity index (χ2v) is 9.60. The third-order valence-electron chi connectivity index (χ3n) is 6.40. The third kappa shape index (κ3) is 5.85. The molecule has 0 radical (unpaired) electrons. The number of rotatable bonds is 9. The third-order valence-corrected chi connectivity index (χ3v) is 7.24. The van der Waals surface area contributed by atoms with Crippen LogP contribution in [0, 0.1) is 5.92 Å². The molecule has 0 saturated carbocycles. The molecule has 0 saturated heterocycles. The lowest BCUT2D eigenvalue weighted by atomic mass is 9.90. The molecule has 33 heavy (non-hydrogen) atoms. The van der Waals surface area contributed by atoms with Crippen LogP contribution in [0.25, 0.3) is 0 Å². The predicted octanol–water partition coefficient (Wildman–Crippen LogP) is 4.34. The van der Waals surface area contributed by atoms with Crippen molar-refractivity contribution in [1.82, 2.24) is 5.32 Å². The van der Waals surface area contributed by atoms with Gasteiger partial charge in [-0.3, -0.25) is 4.79 Å². The highest BCUT2D eigenvalue weighted by atomic mass is 32.2. The average Bonchev–Trinajstić information content (AvgIpc) is 3.14. The van der Waals surface area contributed by atoms with Crippen LogP contribution in [-0.2, 0) is 24.1 Å². The Kier molecular flexibility index (Phi) is 7.86. The van der Waals surface area contributed by atoms with Crippen LogP contribution in [0.5, 0.6) is 0 Å². The topological polar surface area (TPSA) is 69.6 Å². The van der Waals surface area contributed by atoms with Gasteiger partial charge in [-0.15, -0.1) is 11.8 Å². The molecular formula is C28H31NO3S. The molecule has 4 atom stereocenters. The van der Waals surface area contributed by atoms with Crippen molar-refractivity contribution < 1.29 is 15.0 Å². The fraction of sp³-hybridized carbons (Fsp3) is 0.321. The van der Waals surface area contributed by atoms with Crippen molar-refractivity contribution in [3.8, 4) is 0 Å². The molecule has 3 aromatic rings. The largest absolute Gasteiger partial charge is 0.393 e. The zero-order valence-corrected chi connectivity index (χ0v) is 19.7. The summed E-state index contributed by atoms with van der Waals surface area (Å²) < 4.78 is 0. The number of benzene rings is 3. The second kappa shape index (κ2) is 11.0. The quantitative estimate of drug-likeness (QED) is 0.415. The van der Waals surface area contributed by atoms with E-state index in [1.54, 1.807) is 11.8 Å². The maximum Gasteiger partial charge on any atom is 0.224 e. The Balaban J connectivity index is 1.50. The number of aliphatic hydroxyl groups excluding tert-OH is 2. The van der Waals surface area contributed by atoms with E-state index in [1.165, 1.54) is 0 Å². The molecular weight excluding hydrogens is 430 g/mol. The van der Waals surface area contributed by atoms with Crippen molar-refractivity contribution in [2.24, 2.45) is 5.92 Å². The van der Waals surface area contributed by atoms with Gasteiger partial charge in [0.1, 0.15) is 0 Å². The van der Waals surface area contributed by atoms with Crippen LogP contribution < -0.4 is 5.32 Å². The molecule has 0 heterocycles. The molecule has 0 bridgehead atoms. The smallest absolute Gasteiger partial charge is 0.224 e. The molecule has 1 unspecified atom stereocenters. The first-order valence-corrected chi connectivity index (χ1v) is 12.7. The minimum atomic E-state index is -0.640. The van der Waals surface area contributed by atoms with Gasteiger partial charge in [-0.2, -0.15) is 0 Å². The number of fused-ring (bicyclic) bond motifs is 1. The van der Waals surface area contributed by atoms with E-state index in [0.29, 0.717) is 25.7 Å². The maximum atomic E-state index is 13.4. The van der Waals surface area contributed by atoms with Crippen molar-refractivity contribution in [3.63, 3.8) is 0 Å². The molecule has 0 aliphatic heterocycles. The number of nitrogens with one attached hydrogen (secondary N) is 1. The molecule has 1 amide bonds. The maximum absolute atomic E-state index is 13.4. The first kappa shape index (κ1) is 23.6. The summed E-state index contributed by atoms with van der Waals surface area (Å²) in [5.41, 5.74) is 4.20. The number of hydrogen-bond acceptors (Lipinski definition) is 4. The van der Waals surface area contributed by atoms with Gasteiger partial charge >= 0.3 is 0 Å². The van der Waals surface area contributed by atoms with Crippen molar-refractivity contribution in [3.05, 3.63) is 101 Å². The van der Waals surface area contributed by atoms with Gasteiger partial charge in [0.05, 0.1) is 18.2 Å². The van der Waals surface area contributed by atoms with Crippen molar-refractivity contribution in [2.45, 2.75) is 48.8 Å². The Labute approximate surface area is 200 Å². The van der Waals surface area contributed by atoms with E-state index in [2.05, 4.69) is 11.4 Å². The van der Waals surface area contributed by atoms with Crippen LogP contribution in [0.1, 0.15) is 34.7 Å². The lowest BCUT2D eigenvalue weighted by molar-refractivity contribution is -0.127. The highest BCUT2D eigenvalue weighted by molar-refractivity contribution is 7.98. The fourth-order valence-corrected chi connectivity index (χ4v) is 5.37. The van der Waals surface area contributed by atoms with Gasteiger partial charge in [0, 0.05) is 17.2 Å². The zero-order valence-electron chi connectivity index (χ0n) is 18.9. The Morgan fingerprint density at radius 3 is 2.48 bits per heavy atom. The molecule has 172 valence electrons. The number of thioether (sulfide) groups is 1. The average molecular weight is 462 g/mol. The number of carbonyl (C=O) groups excluding carboxylic acids is 1. The summed E-state index contributed by atoms with van der Waals surface area (Å²) in [6.07, 6.45) is 2.69. The molecule has 0 fully saturated rings. The van der Waals surface area contributed by atoms with E-state index in [0.717, 1.165) is 27.1 Å². The zero-order chi connectivity index (χ0) is 23.2. The van der Waals surface area contributed by atoms with Crippen LogP contribution in [0.4, 0.5) is 0 Å². The van der Waals surface area contributed by atoms with Gasteiger partial charge < -0.3 is 15.5 Å². The molecule has 1 aliphatic rings. The van der Waals surface area contributed by atoms with E-state index in [4.69, 9.17) is 0 Å². The summed E-state index contributed by atoms with van der Waals surface area (Å²) in [5.74, 6) is -0.527. The lowest BCUT2D eigenvalue weighted by Gasteiger charge is -2.24. The Hall–Kier alpha value is -2.60. The summed E-state index contributed by atoms with van der Waals surface area (Å²) in [4.78, 5) is 14.6. The van der Waals surface area contributed by atoms with Gasteiger partial charge in [0.15, 0.2) is 0 Å². The Morgan fingerprint density at radius 2 is 1.70 bits per heavy atom. The molecule has 4 rings (SSSR count). The van der Waals surface area contributed by atoms with E-state index in [-0.39, 0.29) is 5.91 Å². The number of aliphatic hydroxyl groups is 2. The molecule has 3 aromatic carbocycles. The summed E-state index contributed by atoms with van der Waals surface area (Å²) >= 11 is 1.66. The van der Waals surface area contributed by atoms with E-state index < -0.39 is 24.2 Å². The molecule has 1 aliphatic carbocycles. The minimum Gasteiger partial charge on any atom is -0.393 e. The summed E-state index contributed by atoms with van der Waals surface area (Å²) in [6, 6.07) is 25.4. The molecule has 3 N–H and O–H groups in total. The van der Waals surface area contributed by atoms with E-state index in [9.17, 15) is 15.0 Å². The van der Waals surface area contributed by atoms with Crippen molar-refractivity contribution in [1.29, 1.82) is 0 Å². The summed E-state index contributed by atoms with van der Waals surface area (Å²) in [6.45, 7) is 0. The SMILES string of the molecule is CSc1ccccc1C[C@@H](O)C[C@H](Cc1ccccc1)C(=O)NC1c2ccccc2C[C@H]1O. The minimum absolute atomic E-state index is 0.128. The number of carbonyl (C=O) groups is 1. The summed E-state index contributed by atoms with van der Waals surface area (Å²) in [7, 11) is 0. The Morgan fingerprint density at radius 1 is 1.00 bits per heavy atom. The fourth-order valence-electron chi connectivity index (χ4n) is 4.74. The Bertz CT molecular complexity index is 1070. The highest BCUT2D eigenvalue weighted by Crippen LogP contribution is 2.32. The van der Waals surface area contributed by atoms with Gasteiger partial charge in [-0.1, -0.05) is 72.8 Å². The lowest BCUT2D eigenvalue weighted by Crippen LogP contribution is -2.39. The van der Waals surface area contributed by atoms with Gasteiger partial charge in [0.2, 0.25) is 5.91 Å². The standard InChI is InChI=1S/C28H31NO3S/c1-33-26-14-8-6-12-21(26)16-23(30)17-22(15-19-9-3-2-4-10-19)28(32)29-27-24-13-7-5-11-20(24)18-25(27)31/h2-14,22-23,25,27,30-31H,15-18H2,1H3,(H,29,32)/t22-,23+,25+,27?/m0/s1. The van der Waals surface area contributed by atoms with Crippen LogP contribution >= 0.6 is 11.8 Å². The molecule has 4 nitrogen and oxygen atoms in total. The molecule has 0 spiro atoms. The number of hydrogen-bond donors (Lipinski definition) is 3. The van der Waals surface area contributed by atoms with Crippen molar-refractivity contribution >= 4 is 17.7 Å². The van der Waals surface area contributed by atoms with E-state index >= 15 is 0 Å². The van der Waals surface area contributed by atoms with Gasteiger partial charge in [0.25, 0.3) is 0 Å². The first-order chi connectivity index (χ1) is 16.0. The van der Waals surface area contributed by atoms with E-state index in [1.807, 2.05) is 79.1 Å². The van der Waals surface area contributed by atoms with Crippen LogP contribution in [0.3, 0.4) is 0 Å². The van der Waals surface area contributed by atoms with Gasteiger partial charge in [-0.05, 0) is 53.8 Å². The van der Waals surface area contributed by atoms with Crippen LogP contribution in [-0.4, -0.2) is 34.6 Å². The van der Waals surface area contributed by atoms with Crippen LogP contribution in [0.15, 0.2) is 83.8 Å². The predicted molar refractivity (Wildman–Crippen MR) is 133 cm³/mol. The number of amides is 1. The van der Waals surface area contributed by atoms with Gasteiger partial charge in [-0.25, -0.2) is 0 Å². The van der Waals surface area contributed by atoms with Crippen molar-refractivity contribution in [2.75, 3.05) is 6.26 Å². The highest BCUT2D eigenvalue weighted by Gasteiger charge is 2.34. The second-order valence-electron chi connectivity index (χ2n) is 8.75. The first-order valence-electron chi connectivity index (χ1n) is 11.4. The molecule has 5 heteroatoms. The monoisotopic (exact) mass is 461 g/mol. The normalized spacial score (nSPS) is 19.0. The van der Waals surface area contributed by atoms with Crippen LogP contribution in [0.2, 0.25) is 0 Å².